The van der Waals surface area contributed by atoms with Crippen LogP contribution in [0.1, 0.15) is 53.4 Å². The lowest BCUT2D eigenvalue weighted by Gasteiger charge is -2.15. The Morgan fingerprint density at radius 3 is 2.76 bits per heavy atom. The molecule has 1 aromatic rings. The average molecular weight is 345 g/mol. The first-order chi connectivity index (χ1) is 12.0. The molecule has 25 heavy (non-hydrogen) atoms. The second-order valence-corrected chi connectivity index (χ2v) is 6.06. The molecule has 0 spiro atoms. The zero-order chi connectivity index (χ0) is 18.7. The van der Waals surface area contributed by atoms with Gasteiger partial charge in [0.1, 0.15) is 6.61 Å². The van der Waals surface area contributed by atoms with Gasteiger partial charge in [0.05, 0.1) is 6.20 Å². The number of allylic oxidation sites excluding steroid dienone is 4. The van der Waals surface area contributed by atoms with Crippen LogP contribution in [-0.4, -0.2) is 23.1 Å². The molecule has 1 heterocycles. The van der Waals surface area contributed by atoms with Gasteiger partial charge in [-0.25, -0.2) is 4.98 Å². The maximum atomic E-state index is 5.96. The first kappa shape index (κ1) is 20.7. The van der Waals surface area contributed by atoms with E-state index in [4.69, 9.17) is 10.5 Å². The van der Waals surface area contributed by atoms with Crippen molar-refractivity contribution in [1.82, 2.24) is 9.97 Å². The van der Waals surface area contributed by atoms with E-state index in [1.165, 1.54) is 0 Å². The Kier molecular flexibility index (Phi) is 9.37. The van der Waals surface area contributed by atoms with Gasteiger partial charge >= 0.3 is 0 Å². The normalized spacial score (nSPS) is 12.2. The van der Waals surface area contributed by atoms with E-state index in [1.54, 1.807) is 6.20 Å². The molecule has 0 aliphatic rings. The zero-order valence-electron chi connectivity index (χ0n) is 16.1. The molecule has 0 saturated carbocycles. The highest BCUT2D eigenvalue weighted by Crippen LogP contribution is 2.24. The maximum Gasteiger partial charge on any atom is 0.222 e. The fraction of sp³-hybridized carbons (Fsp3) is 0.500. The number of hydrogen-bond donors (Lipinski definition) is 2. The summed E-state index contributed by atoms with van der Waals surface area (Å²) in [6, 6.07) is 0. The molecule has 0 bridgehead atoms. The van der Waals surface area contributed by atoms with Gasteiger partial charge in [0.15, 0.2) is 11.6 Å². The largest absolute Gasteiger partial charge is 0.484 e. The third kappa shape index (κ3) is 6.99. The summed E-state index contributed by atoms with van der Waals surface area (Å²) in [6.45, 7) is 13.9. The Morgan fingerprint density at radius 2 is 2.12 bits per heavy atom. The van der Waals surface area contributed by atoms with Crippen LogP contribution in [0.2, 0.25) is 0 Å². The van der Waals surface area contributed by atoms with Crippen LogP contribution in [0.25, 0.3) is 0 Å². The topological polar surface area (TPSA) is 73.1 Å². The van der Waals surface area contributed by atoms with Crippen molar-refractivity contribution in [2.75, 3.05) is 24.2 Å². The monoisotopic (exact) mass is 344 g/mol. The first-order valence-electron chi connectivity index (χ1n) is 9.03. The van der Waals surface area contributed by atoms with Crippen LogP contribution >= 0.6 is 0 Å². The Balaban J connectivity index is 2.90. The summed E-state index contributed by atoms with van der Waals surface area (Å²) in [6.07, 6.45) is 9.97. The van der Waals surface area contributed by atoms with E-state index in [2.05, 4.69) is 48.7 Å². The van der Waals surface area contributed by atoms with Crippen molar-refractivity contribution in [3.63, 3.8) is 0 Å². The van der Waals surface area contributed by atoms with Crippen LogP contribution in [0, 0.1) is 0 Å². The number of rotatable bonds is 11. The van der Waals surface area contributed by atoms with E-state index < -0.39 is 0 Å². The molecule has 3 N–H and O–H groups in total. The molecular formula is C20H32N4O. The van der Waals surface area contributed by atoms with E-state index in [1.807, 2.05) is 13.0 Å². The van der Waals surface area contributed by atoms with Crippen molar-refractivity contribution in [2.24, 2.45) is 0 Å². The fourth-order valence-electron chi connectivity index (χ4n) is 2.43. The van der Waals surface area contributed by atoms with Crippen LogP contribution in [0.4, 0.5) is 11.8 Å². The van der Waals surface area contributed by atoms with Crippen LogP contribution in [0.3, 0.4) is 0 Å². The molecule has 5 nitrogen and oxygen atoms in total. The lowest BCUT2D eigenvalue weighted by molar-refractivity contribution is 0.350. The van der Waals surface area contributed by atoms with Crippen molar-refractivity contribution >= 4 is 11.8 Å². The summed E-state index contributed by atoms with van der Waals surface area (Å²) in [5.74, 6) is 1.50. The Morgan fingerprint density at radius 1 is 1.36 bits per heavy atom. The molecule has 0 unspecified atom stereocenters. The van der Waals surface area contributed by atoms with E-state index in [0.29, 0.717) is 18.2 Å². The van der Waals surface area contributed by atoms with Crippen LogP contribution < -0.4 is 15.8 Å². The number of nitrogens with one attached hydrogen (secondary N) is 1. The Hall–Kier alpha value is -2.30. The molecule has 0 amide bonds. The van der Waals surface area contributed by atoms with Gasteiger partial charge in [0.2, 0.25) is 5.95 Å². The van der Waals surface area contributed by atoms with Crippen molar-refractivity contribution in [3.8, 4) is 5.75 Å². The molecule has 0 atom stereocenters. The van der Waals surface area contributed by atoms with Crippen LogP contribution in [-0.2, 0) is 0 Å². The second-order valence-electron chi connectivity index (χ2n) is 6.06. The predicted molar refractivity (Wildman–Crippen MR) is 107 cm³/mol. The molecule has 0 aromatic carbocycles. The van der Waals surface area contributed by atoms with Crippen molar-refractivity contribution in [2.45, 2.75) is 53.4 Å². The molecule has 5 heteroatoms. The van der Waals surface area contributed by atoms with Crippen molar-refractivity contribution in [1.29, 1.82) is 0 Å². The van der Waals surface area contributed by atoms with E-state index in [-0.39, 0.29) is 5.95 Å². The minimum Gasteiger partial charge on any atom is -0.484 e. The van der Waals surface area contributed by atoms with Gasteiger partial charge in [-0.05, 0) is 43.4 Å². The molecular weight excluding hydrogens is 312 g/mol. The van der Waals surface area contributed by atoms with Gasteiger partial charge in [-0.1, -0.05) is 45.4 Å². The molecule has 0 aliphatic heterocycles. The van der Waals surface area contributed by atoms with Crippen molar-refractivity contribution in [3.05, 3.63) is 41.6 Å². The number of ether oxygens (including phenoxy) is 1. The molecule has 1 rings (SSSR count). The van der Waals surface area contributed by atoms with E-state index in [9.17, 15) is 0 Å². The quantitative estimate of drug-likeness (QED) is 0.441. The summed E-state index contributed by atoms with van der Waals surface area (Å²) >= 11 is 0. The van der Waals surface area contributed by atoms with Gasteiger partial charge in [-0.2, -0.15) is 4.98 Å². The third-order valence-electron chi connectivity index (χ3n) is 3.77. The number of anilines is 2. The number of hydrogen-bond acceptors (Lipinski definition) is 5. The smallest absolute Gasteiger partial charge is 0.222 e. The van der Waals surface area contributed by atoms with Gasteiger partial charge in [-0.3, -0.25) is 0 Å². The van der Waals surface area contributed by atoms with Gasteiger partial charge in [0.25, 0.3) is 0 Å². The van der Waals surface area contributed by atoms with Gasteiger partial charge < -0.3 is 15.8 Å². The fourth-order valence-corrected chi connectivity index (χ4v) is 2.43. The number of nitrogen functional groups attached to an aromatic ring is 1. The standard InChI is InChI=1S/C20H32N4O/c1-6-9-12-22-19-18(13-23-20(21)24-19)25-14-16(5)17(11-8-3)15(4)10-7-2/h8,11,13H,4,6-7,9-10,12,14H2,1-3,5H3,(H3,21,22,23,24)/b11-8-,17-16-. The maximum absolute atomic E-state index is 5.96. The summed E-state index contributed by atoms with van der Waals surface area (Å²) in [5.41, 5.74) is 9.12. The minimum absolute atomic E-state index is 0.240. The van der Waals surface area contributed by atoms with Crippen LogP contribution in [0.15, 0.2) is 41.6 Å². The molecule has 0 fully saturated rings. The minimum atomic E-state index is 0.240. The van der Waals surface area contributed by atoms with Gasteiger partial charge in [-0.15, -0.1) is 0 Å². The molecule has 0 saturated heterocycles. The molecule has 0 radical (unpaired) electrons. The summed E-state index contributed by atoms with van der Waals surface area (Å²) in [4.78, 5) is 8.30. The second kappa shape index (κ2) is 11.3. The first-order valence-corrected chi connectivity index (χ1v) is 9.03. The third-order valence-corrected chi connectivity index (χ3v) is 3.77. The number of nitrogens with two attached hydrogens (primary N) is 1. The van der Waals surface area contributed by atoms with Crippen molar-refractivity contribution < 1.29 is 4.74 Å². The summed E-state index contributed by atoms with van der Waals surface area (Å²) in [5, 5.41) is 3.27. The van der Waals surface area contributed by atoms with E-state index in [0.717, 1.165) is 48.9 Å². The lowest BCUT2D eigenvalue weighted by atomic mass is 9.98. The predicted octanol–water partition coefficient (Wildman–Crippen LogP) is 4.90. The zero-order valence-corrected chi connectivity index (χ0v) is 16.1. The number of unbranched alkanes of at least 4 members (excludes halogenated alkanes) is 1. The summed E-state index contributed by atoms with van der Waals surface area (Å²) < 4.78 is 5.96. The molecule has 1 aromatic heterocycles. The number of aromatic nitrogens is 2. The highest BCUT2D eigenvalue weighted by Gasteiger charge is 2.09. The lowest BCUT2D eigenvalue weighted by Crippen LogP contribution is -2.10. The highest BCUT2D eigenvalue weighted by molar-refractivity contribution is 5.51. The van der Waals surface area contributed by atoms with Gasteiger partial charge in [0, 0.05) is 6.54 Å². The Labute approximate surface area is 152 Å². The SMILES string of the molecule is C=C(CCC)C(/C=C\C)=C(/C)COc1cnc(N)nc1NCCCC. The Bertz CT molecular complexity index is 620. The molecule has 138 valence electrons. The summed E-state index contributed by atoms with van der Waals surface area (Å²) in [7, 11) is 0. The average Bonchev–Trinajstić information content (AvgIpc) is 2.59. The molecule has 0 aliphatic carbocycles. The van der Waals surface area contributed by atoms with Crippen LogP contribution in [0.5, 0.6) is 5.75 Å². The van der Waals surface area contributed by atoms with E-state index >= 15 is 0 Å². The highest BCUT2D eigenvalue weighted by atomic mass is 16.5. The number of nitrogens with zero attached hydrogens (tertiary/aromatic N) is 2.